The Kier molecular flexibility index (Phi) is 4.24. The zero-order chi connectivity index (χ0) is 14.0. The summed E-state index contributed by atoms with van der Waals surface area (Å²) >= 11 is 8.23. The third-order valence-corrected chi connectivity index (χ3v) is 4.67. The molecule has 0 aliphatic rings. The van der Waals surface area contributed by atoms with Crippen molar-refractivity contribution in [1.29, 1.82) is 0 Å². The van der Waals surface area contributed by atoms with Gasteiger partial charge >= 0.3 is 5.97 Å². The highest BCUT2D eigenvalue weighted by molar-refractivity contribution is 7.16. The summed E-state index contributed by atoms with van der Waals surface area (Å²) in [7, 11) is 1.68. The first kappa shape index (κ1) is 14.0. The number of aromatic carboxylic acids is 1. The van der Waals surface area contributed by atoms with Crippen molar-refractivity contribution in [3.8, 4) is 0 Å². The number of rotatable bonds is 4. The van der Waals surface area contributed by atoms with Gasteiger partial charge in [-0.05, 0) is 24.3 Å². The molecule has 0 atom stereocenters. The Morgan fingerprint density at radius 3 is 2.42 bits per heavy atom. The predicted molar refractivity (Wildman–Crippen MR) is 76.4 cm³/mol. The molecule has 19 heavy (non-hydrogen) atoms. The lowest BCUT2D eigenvalue weighted by Gasteiger charge is -2.14. The Morgan fingerprint density at radius 2 is 1.89 bits per heavy atom. The summed E-state index contributed by atoms with van der Waals surface area (Å²) in [6.45, 7) is 0.455. The molecule has 0 unspecified atom stereocenters. The lowest BCUT2D eigenvalue weighted by atomic mass is 10.3. The molecule has 0 radical (unpaired) electrons. The highest BCUT2D eigenvalue weighted by Gasteiger charge is 2.17. The van der Waals surface area contributed by atoms with Gasteiger partial charge in [0.25, 0.3) is 5.91 Å². The molecule has 0 saturated heterocycles. The van der Waals surface area contributed by atoms with Gasteiger partial charge in [-0.1, -0.05) is 11.6 Å². The first-order valence-electron chi connectivity index (χ1n) is 5.30. The Labute approximate surface area is 122 Å². The highest BCUT2D eigenvalue weighted by Crippen LogP contribution is 2.24. The van der Waals surface area contributed by atoms with Crippen LogP contribution >= 0.6 is 34.3 Å². The smallest absolute Gasteiger partial charge is 0.345 e. The molecule has 2 rings (SSSR count). The minimum atomic E-state index is -1.02. The van der Waals surface area contributed by atoms with Crippen LogP contribution in [0.15, 0.2) is 24.3 Å². The molecule has 7 heteroatoms. The largest absolute Gasteiger partial charge is 0.477 e. The van der Waals surface area contributed by atoms with Gasteiger partial charge in [-0.15, -0.1) is 22.7 Å². The molecule has 0 fully saturated rings. The Hall–Kier alpha value is -1.37. The van der Waals surface area contributed by atoms with E-state index in [0.717, 1.165) is 16.2 Å². The van der Waals surface area contributed by atoms with Crippen molar-refractivity contribution in [3.63, 3.8) is 0 Å². The Balaban J connectivity index is 2.07. The SMILES string of the molecule is CN(Cc1ccc(Cl)s1)C(=O)c1ccc(C(=O)O)s1. The summed E-state index contributed by atoms with van der Waals surface area (Å²) in [5.74, 6) is -1.21. The summed E-state index contributed by atoms with van der Waals surface area (Å²) in [5.41, 5.74) is 0. The van der Waals surface area contributed by atoms with Crippen molar-refractivity contribution < 1.29 is 14.7 Å². The molecule has 4 nitrogen and oxygen atoms in total. The molecule has 0 aliphatic carbocycles. The third-order valence-electron chi connectivity index (χ3n) is 2.40. The number of carboxylic acids is 1. The lowest BCUT2D eigenvalue weighted by molar-refractivity contribution is 0.0701. The predicted octanol–water partition coefficient (Wildman–Crippen LogP) is 3.43. The zero-order valence-corrected chi connectivity index (χ0v) is 12.3. The number of nitrogens with zero attached hydrogens (tertiary/aromatic N) is 1. The third kappa shape index (κ3) is 3.34. The maximum atomic E-state index is 12.1. The number of hydrogen-bond donors (Lipinski definition) is 1. The van der Waals surface area contributed by atoms with Gasteiger partial charge in [0.15, 0.2) is 0 Å². The van der Waals surface area contributed by atoms with E-state index in [2.05, 4.69) is 0 Å². The minimum absolute atomic E-state index is 0.163. The summed E-state index contributed by atoms with van der Waals surface area (Å²) in [4.78, 5) is 26.0. The molecular formula is C12H10ClNO3S2. The molecule has 0 bridgehead atoms. The second-order valence-electron chi connectivity index (χ2n) is 3.84. The fraction of sp³-hybridized carbons (Fsp3) is 0.167. The van der Waals surface area contributed by atoms with E-state index >= 15 is 0 Å². The van der Waals surface area contributed by atoms with Crippen LogP contribution < -0.4 is 0 Å². The molecule has 1 N–H and O–H groups in total. The van der Waals surface area contributed by atoms with E-state index in [1.807, 2.05) is 6.07 Å². The number of halogens is 1. The van der Waals surface area contributed by atoms with Gasteiger partial charge in [-0.3, -0.25) is 4.79 Å². The van der Waals surface area contributed by atoms with E-state index in [-0.39, 0.29) is 10.8 Å². The van der Waals surface area contributed by atoms with Crippen molar-refractivity contribution in [2.75, 3.05) is 7.05 Å². The number of thiophene rings is 2. The van der Waals surface area contributed by atoms with Gasteiger partial charge in [0.2, 0.25) is 0 Å². The van der Waals surface area contributed by atoms with E-state index in [4.69, 9.17) is 16.7 Å². The standard InChI is InChI=1S/C12H10ClNO3S2/c1-14(6-7-2-5-10(13)18-7)11(15)8-3-4-9(19-8)12(16)17/h2-5H,6H2,1H3,(H,16,17). The minimum Gasteiger partial charge on any atom is -0.477 e. The first-order chi connectivity index (χ1) is 8.97. The van der Waals surface area contributed by atoms with Crippen LogP contribution in [0.3, 0.4) is 0 Å². The van der Waals surface area contributed by atoms with Crippen molar-refractivity contribution >= 4 is 46.2 Å². The summed E-state index contributed by atoms with van der Waals surface area (Å²) in [6, 6.07) is 6.63. The average Bonchev–Trinajstić information content (AvgIpc) is 2.97. The number of carboxylic acid groups (broad SMARTS) is 1. The molecule has 1 amide bonds. The molecule has 2 heterocycles. The Bertz CT molecular complexity index is 620. The molecule has 2 aromatic heterocycles. The van der Waals surface area contributed by atoms with Gasteiger partial charge in [-0.2, -0.15) is 0 Å². The number of hydrogen-bond acceptors (Lipinski definition) is 4. The van der Waals surface area contributed by atoms with E-state index in [1.54, 1.807) is 18.0 Å². The molecule has 0 aromatic carbocycles. The van der Waals surface area contributed by atoms with Gasteiger partial charge in [0, 0.05) is 11.9 Å². The summed E-state index contributed by atoms with van der Waals surface area (Å²) in [5, 5.41) is 8.83. The second kappa shape index (κ2) is 5.73. The van der Waals surface area contributed by atoms with Gasteiger partial charge in [0.1, 0.15) is 4.88 Å². The number of carbonyl (C=O) groups is 2. The van der Waals surface area contributed by atoms with Crippen molar-refractivity contribution in [2.24, 2.45) is 0 Å². The van der Waals surface area contributed by atoms with Crippen LogP contribution in [0.4, 0.5) is 0 Å². The van der Waals surface area contributed by atoms with Gasteiger partial charge in [0.05, 0.1) is 15.8 Å². The summed E-state index contributed by atoms with van der Waals surface area (Å²) < 4.78 is 0.681. The topological polar surface area (TPSA) is 57.6 Å². The monoisotopic (exact) mass is 315 g/mol. The van der Waals surface area contributed by atoms with E-state index in [1.165, 1.54) is 23.5 Å². The quantitative estimate of drug-likeness (QED) is 0.940. The second-order valence-corrected chi connectivity index (χ2v) is 6.72. The van der Waals surface area contributed by atoms with Gasteiger partial charge in [-0.25, -0.2) is 4.79 Å². The van der Waals surface area contributed by atoms with E-state index in [0.29, 0.717) is 15.8 Å². The van der Waals surface area contributed by atoms with Crippen molar-refractivity contribution in [3.05, 3.63) is 43.2 Å². The van der Waals surface area contributed by atoms with Crippen molar-refractivity contribution in [2.45, 2.75) is 6.54 Å². The first-order valence-corrected chi connectivity index (χ1v) is 7.31. The maximum Gasteiger partial charge on any atom is 0.345 e. The molecule has 0 saturated carbocycles. The zero-order valence-electron chi connectivity index (χ0n) is 9.92. The highest BCUT2D eigenvalue weighted by atomic mass is 35.5. The van der Waals surface area contributed by atoms with Gasteiger partial charge < -0.3 is 10.0 Å². The lowest BCUT2D eigenvalue weighted by Crippen LogP contribution is -2.24. The molecule has 0 spiro atoms. The van der Waals surface area contributed by atoms with E-state index in [9.17, 15) is 9.59 Å². The Morgan fingerprint density at radius 1 is 1.21 bits per heavy atom. The normalized spacial score (nSPS) is 10.4. The average molecular weight is 316 g/mol. The van der Waals surface area contributed by atoms with Crippen LogP contribution in [0, 0.1) is 0 Å². The fourth-order valence-electron chi connectivity index (χ4n) is 1.50. The van der Waals surface area contributed by atoms with Crippen LogP contribution in [-0.2, 0) is 6.54 Å². The van der Waals surface area contributed by atoms with E-state index < -0.39 is 5.97 Å². The maximum absolute atomic E-state index is 12.1. The van der Waals surface area contributed by atoms with Crippen LogP contribution in [0.5, 0.6) is 0 Å². The molecule has 2 aromatic rings. The fourth-order valence-corrected chi connectivity index (χ4v) is 3.48. The summed E-state index contributed by atoms with van der Waals surface area (Å²) in [6.07, 6.45) is 0. The molecular weight excluding hydrogens is 306 g/mol. The van der Waals surface area contributed by atoms with Crippen LogP contribution in [-0.4, -0.2) is 28.9 Å². The number of amides is 1. The molecule has 100 valence electrons. The number of carbonyl (C=O) groups excluding carboxylic acids is 1. The molecule has 0 aliphatic heterocycles. The van der Waals surface area contributed by atoms with Crippen LogP contribution in [0.2, 0.25) is 4.34 Å². The van der Waals surface area contributed by atoms with Crippen LogP contribution in [0.25, 0.3) is 0 Å². The van der Waals surface area contributed by atoms with Crippen molar-refractivity contribution in [1.82, 2.24) is 4.90 Å². The van der Waals surface area contributed by atoms with Crippen LogP contribution in [0.1, 0.15) is 24.2 Å².